The Labute approximate surface area is 128 Å². The van der Waals surface area contributed by atoms with E-state index in [9.17, 15) is 14.1 Å². The second-order valence-corrected chi connectivity index (χ2v) is 7.65. The van der Waals surface area contributed by atoms with E-state index in [4.69, 9.17) is 5.11 Å². The number of halogens is 1. The number of benzene rings is 1. The highest BCUT2D eigenvalue weighted by Gasteiger charge is 2.37. The molecule has 6 heteroatoms. The molecular weight excluding hydrogens is 344 g/mol. The molecule has 1 saturated carbocycles. The third-order valence-electron chi connectivity index (χ3n) is 3.74. The summed E-state index contributed by atoms with van der Waals surface area (Å²) in [5, 5.41) is 19.4. The first kappa shape index (κ1) is 15.7. The first-order chi connectivity index (χ1) is 9.39. The van der Waals surface area contributed by atoms with Crippen LogP contribution in [-0.4, -0.2) is 31.7 Å². The van der Waals surface area contributed by atoms with Crippen LogP contribution >= 0.6 is 15.9 Å². The van der Waals surface area contributed by atoms with Crippen LogP contribution in [0.3, 0.4) is 0 Å². The third-order valence-corrected chi connectivity index (χ3v) is 5.87. The molecule has 1 aliphatic rings. The lowest BCUT2D eigenvalue weighted by Crippen LogP contribution is -2.40. The van der Waals surface area contributed by atoms with Gasteiger partial charge in [0.1, 0.15) is 0 Å². The molecule has 2 rings (SSSR count). The SMILES string of the molecule is O=C(O)C1CCC(O)(CS(=O)c2ccc(Br)cc2)CC1. The van der Waals surface area contributed by atoms with Gasteiger partial charge in [0, 0.05) is 9.37 Å². The summed E-state index contributed by atoms with van der Waals surface area (Å²) in [6.45, 7) is 0. The molecule has 0 spiro atoms. The molecule has 1 unspecified atom stereocenters. The lowest BCUT2D eigenvalue weighted by molar-refractivity contribution is -0.144. The molecule has 0 bridgehead atoms. The van der Waals surface area contributed by atoms with Crippen molar-refractivity contribution in [2.45, 2.75) is 36.2 Å². The summed E-state index contributed by atoms with van der Waals surface area (Å²) in [5.74, 6) is -1.02. The van der Waals surface area contributed by atoms with Crippen molar-refractivity contribution in [1.29, 1.82) is 0 Å². The van der Waals surface area contributed by atoms with Gasteiger partial charge in [-0.3, -0.25) is 9.00 Å². The van der Waals surface area contributed by atoms with E-state index < -0.39 is 22.4 Å². The summed E-state index contributed by atoms with van der Waals surface area (Å²) in [6.07, 6.45) is 1.69. The van der Waals surface area contributed by atoms with Gasteiger partial charge in [-0.2, -0.15) is 0 Å². The molecule has 4 nitrogen and oxygen atoms in total. The van der Waals surface area contributed by atoms with E-state index in [0.717, 1.165) is 4.47 Å². The quantitative estimate of drug-likeness (QED) is 0.865. The minimum atomic E-state index is -1.27. The maximum atomic E-state index is 12.3. The Bertz CT molecular complexity index is 506. The molecule has 0 aliphatic heterocycles. The standard InChI is InChI=1S/C14H17BrO4S/c15-11-1-3-12(4-2-11)20(19)9-14(18)7-5-10(6-8-14)13(16)17/h1-4,10,18H,5-9H2,(H,16,17). The highest BCUT2D eigenvalue weighted by Crippen LogP contribution is 2.33. The molecule has 0 amide bonds. The topological polar surface area (TPSA) is 74.6 Å². The highest BCUT2D eigenvalue weighted by atomic mass is 79.9. The summed E-state index contributed by atoms with van der Waals surface area (Å²) >= 11 is 3.32. The Hall–Kier alpha value is -0.720. The van der Waals surface area contributed by atoms with Gasteiger partial charge in [0.15, 0.2) is 0 Å². The predicted molar refractivity (Wildman–Crippen MR) is 80.0 cm³/mol. The Balaban J connectivity index is 1.97. The van der Waals surface area contributed by atoms with Crippen LogP contribution in [0.15, 0.2) is 33.6 Å². The molecule has 0 saturated heterocycles. The normalized spacial score (nSPS) is 28.0. The lowest BCUT2D eigenvalue weighted by atomic mass is 9.80. The average molecular weight is 361 g/mol. The number of hydrogen-bond acceptors (Lipinski definition) is 3. The number of carboxylic acid groups (broad SMARTS) is 1. The molecule has 20 heavy (non-hydrogen) atoms. The molecule has 1 aromatic carbocycles. The van der Waals surface area contributed by atoms with Gasteiger partial charge in [-0.15, -0.1) is 0 Å². The van der Waals surface area contributed by atoms with Crippen LogP contribution in [-0.2, 0) is 15.6 Å². The average Bonchev–Trinajstić information content (AvgIpc) is 2.39. The van der Waals surface area contributed by atoms with Gasteiger partial charge in [0.05, 0.1) is 28.1 Å². The largest absolute Gasteiger partial charge is 0.481 e. The van der Waals surface area contributed by atoms with E-state index in [1.165, 1.54) is 0 Å². The van der Waals surface area contributed by atoms with E-state index in [1.54, 1.807) is 12.1 Å². The van der Waals surface area contributed by atoms with E-state index in [-0.39, 0.29) is 11.7 Å². The van der Waals surface area contributed by atoms with Crippen LogP contribution in [0.5, 0.6) is 0 Å². The maximum Gasteiger partial charge on any atom is 0.306 e. The zero-order valence-corrected chi connectivity index (χ0v) is 13.3. The van der Waals surface area contributed by atoms with Gasteiger partial charge in [0.25, 0.3) is 0 Å². The van der Waals surface area contributed by atoms with Crippen molar-refractivity contribution in [3.8, 4) is 0 Å². The van der Waals surface area contributed by atoms with Crippen molar-refractivity contribution in [3.63, 3.8) is 0 Å². The minimum absolute atomic E-state index is 0.168. The summed E-state index contributed by atoms with van der Waals surface area (Å²) in [7, 11) is -1.27. The monoisotopic (exact) mass is 360 g/mol. The zero-order chi connectivity index (χ0) is 14.8. The number of carbonyl (C=O) groups is 1. The van der Waals surface area contributed by atoms with Gasteiger partial charge < -0.3 is 10.2 Å². The summed E-state index contributed by atoms with van der Waals surface area (Å²) in [5.41, 5.74) is -1.01. The Morgan fingerprint density at radius 2 is 1.85 bits per heavy atom. The molecule has 1 atom stereocenters. The van der Waals surface area contributed by atoms with Crippen molar-refractivity contribution in [1.82, 2.24) is 0 Å². The molecule has 0 aromatic heterocycles. The molecule has 1 fully saturated rings. The van der Waals surface area contributed by atoms with Crippen LogP contribution in [0.25, 0.3) is 0 Å². The number of aliphatic hydroxyl groups is 1. The van der Waals surface area contributed by atoms with Crippen LogP contribution < -0.4 is 0 Å². The van der Waals surface area contributed by atoms with Gasteiger partial charge in [0.2, 0.25) is 0 Å². The number of hydrogen-bond donors (Lipinski definition) is 2. The minimum Gasteiger partial charge on any atom is -0.481 e. The second-order valence-electron chi connectivity index (χ2n) is 5.28. The Morgan fingerprint density at radius 1 is 1.30 bits per heavy atom. The fraction of sp³-hybridized carbons (Fsp3) is 0.500. The van der Waals surface area contributed by atoms with Gasteiger partial charge in [-0.1, -0.05) is 15.9 Å². The molecule has 2 N–H and O–H groups in total. The summed E-state index contributed by atoms with van der Waals surface area (Å²) < 4.78 is 13.2. The predicted octanol–water partition coefficient (Wildman–Crippen LogP) is 2.56. The van der Waals surface area contributed by atoms with Crippen molar-refractivity contribution in [2.75, 3.05) is 5.75 Å². The fourth-order valence-electron chi connectivity index (χ4n) is 2.46. The number of carboxylic acids is 1. The Morgan fingerprint density at radius 3 is 2.35 bits per heavy atom. The highest BCUT2D eigenvalue weighted by molar-refractivity contribution is 9.10. The molecule has 0 radical (unpaired) electrons. The second kappa shape index (κ2) is 6.37. The summed E-state index contributed by atoms with van der Waals surface area (Å²) in [6, 6.07) is 7.18. The van der Waals surface area contributed by atoms with E-state index >= 15 is 0 Å². The third kappa shape index (κ3) is 3.90. The van der Waals surface area contributed by atoms with Gasteiger partial charge >= 0.3 is 5.97 Å². The molecule has 1 aromatic rings. The Kier molecular flexibility index (Phi) is 4.99. The smallest absolute Gasteiger partial charge is 0.306 e. The lowest BCUT2D eigenvalue weighted by Gasteiger charge is -2.34. The summed E-state index contributed by atoms with van der Waals surface area (Å²) in [4.78, 5) is 11.6. The molecule has 110 valence electrons. The van der Waals surface area contributed by atoms with Crippen LogP contribution in [0.4, 0.5) is 0 Å². The van der Waals surface area contributed by atoms with E-state index in [2.05, 4.69) is 15.9 Å². The zero-order valence-electron chi connectivity index (χ0n) is 10.9. The molecule has 0 heterocycles. The number of rotatable bonds is 4. The van der Waals surface area contributed by atoms with Gasteiger partial charge in [-0.05, 0) is 49.9 Å². The first-order valence-electron chi connectivity index (χ1n) is 6.49. The van der Waals surface area contributed by atoms with E-state index in [0.29, 0.717) is 30.6 Å². The maximum absolute atomic E-state index is 12.3. The van der Waals surface area contributed by atoms with Crippen molar-refractivity contribution >= 4 is 32.7 Å². The van der Waals surface area contributed by atoms with Crippen LogP contribution in [0, 0.1) is 5.92 Å². The van der Waals surface area contributed by atoms with Crippen molar-refractivity contribution in [3.05, 3.63) is 28.7 Å². The van der Waals surface area contributed by atoms with Crippen LogP contribution in [0.1, 0.15) is 25.7 Å². The van der Waals surface area contributed by atoms with Crippen molar-refractivity contribution < 1.29 is 19.2 Å². The first-order valence-corrected chi connectivity index (χ1v) is 8.60. The van der Waals surface area contributed by atoms with E-state index in [1.807, 2.05) is 12.1 Å². The van der Waals surface area contributed by atoms with Crippen LogP contribution in [0.2, 0.25) is 0 Å². The molecule has 1 aliphatic carbocycles. The van der Waals surface area contributed by atoms with Crippen molar-refractivity contribution in [2.24, 2.45) is 5.92 Å². The molecular formula is C14H17BrO4S. The van der Waals surface area contributed by atoms with Gasteiger partial charge in [-0.25, -0.2) is 0 Å². The fourth-order valence-corrected chi connectivity index (χ4v) is 4.11. The number of aliphatic carboxylic acids is 1.